The molecule has 2 atom stereocenters. The monoisotopic (exact) mass is 236 g/mol. The lowest BCUT2D eigenvalue weighted by Crippen LogP contribution is -2.39. The average molecular weight is 236 g/mol. The quantitative estimate of drug-likeness (QED) is 0.798. The molecule has 0 aliphatic carbocycles. The van der Waals surface area contributed by atoms with E-state index in [9.17, 15) is 9.90 Å². The van der Waals surface area contributed by atoms with Crippen LogP contribution in [0, 0.1) is 0 Å². The Kier molecular flexibility index (Phi) is 5.12. The van der Waals surface area contributed by atoms with E-state index in [4.69, 9.17) is 5.73 Å². The molecule has 4 heteroatoms. The number of likely N-dealkylation sites (N-methyl/N-ethyl adjacent to an activating group) is 1. The summed E-state index contributed by atoms with van der Waals surface area (Å²) in [5, 5.41) is 10.2. The minimum atomic E-state index is -0.678. The summed E-state index contributed by atoms with van der Waals surface area (Å²) in [5.74, 6) is -0.0463. The van der Waals surface area contributed by atoms with Crippen LogP contribution in [0.3, 0.4) is 0 Å². The molecule has 0 spiro atoms. The first kappa shape index (κ1) is 13.7. The lowest BCUT2D eigenvalue weighted by atomic mass is 10.0. The van der Waals surface area contributed by atoms with E-state index in [1.54, 1.807) is 11.9 Å². The van der Waals surface area contributed by atoms with Crippen LogP contribution in [-0.2, 0) is 4.79 Å². The third-order valence-corrected chi connectivity index (χ3v) is 2.96. The molecule has 1 aromatic carbocycles. The number of nitrogens with two attached hydrogens (primary N) is 1. The van der Waals surface area contributed by atoms with Gasteiger partial charge in [-0.2, -0.15) is 0 Å². The SMILES string of the molecule is CC(C(O)c1ccccc1)N(C)C(=O)CCN. The van der Waals surface area contributed by atoms with Gasteiger partial charge in [0.15, 0.2) is 0 Å². The first-order valence-corrected chi connectivity index (χ1v) is 5.76. The van der Waals surface area contributed by atoms with Crippen LogP contribution in [0.1, 0.15) is 25.0 Å². The van der Waals surface area contributed by atoms with E-state index in [2.05, 4.69) is 0 Å². The van der Waals surface area contributed by atoms with Gasteiger partial charge in [-0.1, -0.05) is 30.3 Å². The molecule has 3 N–H and O–H groups in total. The molecular formula is C13H20N2O2. The molecule has 0 radical (unpaired) electrons. The zero-order valence-corrected chi connectivity index (χ0v) is 10.3. The highest BCUT2D eigenvalue weighted by molar-refractivity contribution is 5.76. The predicted molar refractivity (Wildman–Crippen MR) is 67.3 cm³/mol. The van der Waals surface area contributed by atoms with Gasteiger partial charge in [0, 0.05) is 20.0 Å². The van der Waals surface area contributed by atoms with Crippen molar-refractivity contribution in [3.8, 4) is 0 Å². The van der Waals surface area contributed by atoms with Crippen LogP contribution >= 0.6 is 0 Å². The van der Waals surface area contributed by atoms with E-state index in [0.717, 1.165) is 5.56 Å². The van der Waals surface area contributed by atoms with Gasteiger partial charge in [-0.05, 0) is 12.5 Å². The summed E-state index contributed by atoms with van der Waals surface area (Å²) in [4.78, 5) is 13.2. The van der Waals surface area contributed by atoms with Crippen LogP contribution in [-0.4, -0.2) is 35.5 Å². The van der Waals surface area contributed by atoms with Gasteiger partial charge >= 0.3 is 0 Å². The van der Waals surface area contributed by atoms with Crippen molar-refractivity contribution < 1.29 is 9.90 Å². The largest absolute Gasteiger partial charge is 0.386 e. The average Bonchev–Trinajstić information content (AvgIpc) is 2.37. The number of aliphatic hydroxyl groups is 1. The highest BCUT2D eigenvalue weighted by atomic mass is 16.3. The van der Waals surface area contributed by atoms with Crippen molar-refractivity contribution in [2.75, 3.05) is 13.6 Å². The van der Waals surface area contributed by atoms with Crippen LogP contribution in [0.15, 0.2) is 30.3 Å². The van der Waals surface area contributed by atoms with Crippen LogP contribution in [0.4, 0.5) is 0 Å². The first-order valence-electron chi connectivity index (χ1n) is 5.76. The summed E-state index contributed by atoms with van der Waals surface area (Å²) in [6.07, 6.45) is -0.370. The molecule has 0 fully saturated rings. The fourth-order valence-corrected chi connectivity index (χ4v) is 1.67. The number of carbonyl (C=O) groups is 1. The molecule has 0 bridgehead atoms. The molecule has 2 unspecified atom stereocenters. The number of carbonyl (C=O) groups excluding carboxylic acids is 1. The Labute approximate surface area is 102 Å². The Balaban J connectivity index is 2.69. The van der Waals surface area contributed by atoms with Crippen molar-refractivity contribution in [1.29, 1.82) is 0 Å². The lowest BCUT2D eigenvalue weighted by Gasteiger charge is -2.29. The van der Waals surface area contributed by atoms with E-state index in [1.165, 1.54) is 0 Å². The van der Waals surface area contributed by atoms with Crippen LogP contribution in [0.25, 0.3) is 0 Å². The van der Waals surface area contributed by atoms with Crippen LogP contribution in [0.5, 0.6) is 0 Å². The molecule has 1 aromatic rings. The van der Waals surface area contributed by atoms with Gasteiger partial charge in [0.2, 0.25) is 5.91 Å². The normalized spacial score (nSPS) is 14.1. The van der Waals surface area contributed by atoms with Gasteiger partial charge < -0.3 is 15.7 Å². The summed E-state index contributed by atoms with van der Waals surface area (Å²) < 4.78 is 0. The van der Waals surface area contributed by atoms with Gasteiger partial charge in [-0.25, -0.2) is 0 Å². The third kappa shape index (κ3) is 3.54. The molecule has 0 saturated carbocycles. The number of rotatable bonds is 5. The Morgan fingerprint density at radius 3 is 2.53 bits per heavy atom. The minimum Gasteiger partial charge on any atom is -0.386 e. The highest BCUT2D eigenvalue weighted by Crippen LogP contribution is 2.19. The zero-order chi connectivity index (χ0) is 12.8. The van der Waals surface area contributed by atoms with Gasteiger partial charge in [0.25, 0.3) is 0 Å². The molecule has 1 rings (SSSR count). The number of hydrogen-bond acceptors (Lipinski definition) is 3. The summed E-state index contributed by atoms with van der Waals surface area (Å²) in [5.41, 5.74) is 6.16. The minimum absolute atomic E-state index is 0.0463. The maximum absolute atomic E-state index is 11.7. The molecule has 0 saturated heterocycles. The Morgan fingerprint density at radius 2 is 2.00 bits per heavy atom. The van der Waals surface area contributed by atoms with Crippen LogP contribution in [0.2, 0.25) is 0 Å². The van der Waals surface area contributed by atoms with Crippen molar-refractivity contribution in [2.24, 2.45) is 5.73 Å². The Morgan fingerprint density at radius 1 is 1.41 bits per heavy atom. The van der Waals surface area contributed by atoms with Gasteiger partial charge in [-0.3, -0.25) is 4.79 Å². The van der Waals surface area contributed by atoms with Crippen molar-refractivity contribution in [2.45, 2.75) is 25.5 Å². The third-order valence-electron chi connectivity index (χ3n) is 2.96. The van der Waals surface area contributed by atoms with Gasteiger partial charge in [0.05, 0.1) is 12.1 Å². The second kappa shape index (κ2) is 6.37. The van der Waals surface area contributed by atoms with E-state index >= 15 is 0 Å². The topological polar surface area (TPSA) is 66.6 Å². The molecule has 0 aromatic heterocycles. The maximum atomic E-state index is 11.7. The standard InChI is InChI=1S/C13H20N2O2/c1-10(15(2)12(16)8-9-14)13(17)11-6-4-3-5-7-11/h3-7,10,13,17H,8-9,14H2,1-2H3. The number of benzene rings is 1. The predicted octanol–water partition coefficient (Wildman–Crippen LogP) is 0.916. The summed E-state index contributed by atoms with van der Waals surface area (Å²) in [7, 11) is 1.69. The lowest BCUT2D eigenvalue weighted by molar-refractivity contribution is -0.133. The summed E-state index contributed by atoms with van der Waals surface area (Å²) >= 11 is 0. The number of hydrogen-bond donors (Lipinski definition) is 2. The molecule has 94 valence electrons. The highest BCUT2D eigenvalue weighted by Gasteiger charge is 2.23. The van der Waals surface area contributed by atoms with Crippen molar-refractivity contribution in [3.05, 3.63) is 35.9 Å². The van der Waals surface area contributed by atoms with E-state index < -0.39 is 6.10 Å². The molecular weight excluding hydrogens is 216 g/mol. The number of aliphatic hydroxyl groups excluding tert-OH is 1. The molecule has 4 nitrogen and oxygen atoms in total. The van der Waals surface area contributed by atoms with E-state index in [1.807, 2.05) is 37.3 Å². The van der Waals surface area contributed by atoms with Crippen molar-refractivity contribution in [3.63, 3.8) is 0 Å². The van der Waals surface area contributed by atoms with E-state index in [-0.39, 0.29) is 11.9 Å². The molecule has 0 heterocycles. The zero-order valence-electron chi connectivity index (χ0n) is 10.3. The molecule has 0 aliphatic heterocycles. The maximum Gasteiger partial charge on any atom is 0.223 e. The van der Waals surface area contributed by atoms with Crippen molar-refractivity contribution >= 4 is 5.91 Å². The first-order chi connectivity index (χ1) is 8.07. The number of nitrogens with zero attached hydrogens (tertiary/aromatic N) is 1. The number of amides is 1. The van der Waals surface area contributed by atoms with E-state index in [0.29, 0.717) is 13.0 Å². The smallest absolute Gasteiger partial charge is 0.223 e. The Bertz CT molecular complexity index is 354. The fraction of sp³-hybridized carbons (Fsp3) is 0.462. The fourth-order valence-electron chi connectivity index (χ4n) is 1.67. The van der Waals surface area contributed by atoms with Gasteiger partial charge in [0.1, 0.15) is 0 Å². The van der Waals surface area contributed by atoms with Crippen molar-refractivity contribution in [1.82, 2.24) is 4.90 Å². The Hall–Kier alpha value is -1.39. The van der Waals surface area contributed by atoms with Gasteiger partial charge in [-0.15, -0.1) is 0 Å². The second-order valence-electron chi connectivity index (χ2n) is 4.14. The molecule has 1 amide bonds. The molecule has 0 aliphatic rings. The molecule has 17 heavy (non-hydrogen) atoms. The van der Waals surface area contributed by atoms with Crippen LogP contribution < -0.4 is 5.73 Å². The summed E-state index contributed by atoms with van der Waals surface area (Å²) in [6, 6.07) is 9.06. The summed E-state index contributed by atoms with van der Waals surface area (Å²) in [6.45, 7) is 2.16. The second-order valence-corrected chi connectivity index (χ2v) is 4.14.